The normalized spacial score (nSPS) is 21.6. The molecule has 1 atom stereocenters. The van der Waals surface area contributed by atoms with Gasteiger partial charge in [0.15, 0.2) is 16.6 Å². The van der Waals surface area contributed by atoms with Crippen LogP contribution in [0, 0.1) is 0 Å². The van der Waals surface area contributed by atoms with Gasteiger partial charge >= 0.3 is 6.61 Å². The maximum Gasteiger partial charge on any atom is 0.387 e. The van der Waals surface area contributed by atoms with Crippen molar-refractivity contribution in [1.82, 2.24) is 10.2 Å². The Morgan fingerprint density at radius 1 is 1.46 bits per heavy atom. The van der Waals surface area contributed by atoms with Crippen molar-refractivity contribution in [2.24, 2.45) is 0 Å². The van der Waals surface area contributed by atoms with Crippen molar-refractivity contribution in [3.05, 3.63) is 29.5 Å². The summed E-state index contributed by atoms with van der Waals surface area (Å²) in [5, 5.41) is 3.20. The van der Waals surface area contributed by atoms with Crippen LogP contribution < -0.4 is 14.8 Å². The minimum absolute atomic E-state index is 0.0103. The molecule has 2 fully saturated rings. The predicted molar refractivity (Wildman–Crippen MR) is 94.0 cm³/mol. The van der Waals surface area contributed by atoms with Gasteiger partial charge in [0.1, 0.15) is 5.70 Å². The third-order valence-electron chi connectivity index (χ3n) is 4.09. The fraction of sp³-hybridized carbons (Fsp3) is 0.412. The molecule has 0 saturated carbocycles. The summed E-state index contributed by atoms with van der Waals surface area (Å²) in [7, 11) is 1.35. The van der Waals surface area contributed by atoms with Crippen molar-refractivity contribution in [2.75, 3.05) is 20.3 Å². The van der Waals surface area contributed by atoms with E-state index in [0.29, 0.717) is 29.5 Å². The Morgan fingerprint density at radius 3 is 2.92 bits per heavy atom. The lowest BCUT2D eigenvalue weighted by Crippen LogP contribution is -2.37. The van der Waals surface area contributed by atoms with Crippen molar-refractivity contribution in [3.8, 4) is 11.5 Å². The molecule has 1 amide bonds. The lowest BCUT2D eigenvalue weighted by Gasteiger charge is -2.18. The molecule has 0 bridgehead atoms. The summed E-state index contributed by atoms with van der Waals surface area (Å²) in [4.78, 5) is 14.0. The first-order chi connectivity index (χ1) is 12.5. The molecule has 6 nitrogen and oxygen atoms in total. The van der Waals surface area contributed by atoms with Crippen LogP contribution >= 0.6 is 12.2 Å². The number of carbonyl (C=O) groups excluding carboxylic acids is 1. The molecule has 2 aliphatic heterocycles. The number of amides is 1. The summed E-state index contributed by atoms with van der Waals surface area (Å²) >= 11 is 5.23. The SMILES string of the molecule is COc1cc(/C=C2\NC(=S)N(C[C@@H]3CCCO3)C2=O)ccc1OC(F)F. The van der Waals surface area contributed by atoms with Crippen LogP contribution in [-0.4, -0.2) is 48.9 Å². The predicted octanol–water partition coefficient (Wildman–Crippen LogP) is 2.53. The highest BCUT2D eigenvalue weighted by Crippen LogP contribution is 2.30. The van der Waals surface area contributed by atoms with Crippen molar-refractivity contribution in [2.45, 2.75) is 25.6 Å². The van der Waals surface area contributed by atoms with E-state index in [4.69, 9.17) is 21.7 Å². The van der Waals surface area contributed by atoms with Crippen LogP contribution in [0.3, 0.4) is 0 Å². The van der Waals surface area contributed by atoms with Crippen LogP contribution in [0.1, 0.15) is 18.4 Å². The van der Waals surface area contributed by atoms with E-state index >= 15 is 0 Å². The number of halogens is 2. The van der Waals surface area contributed by atoms with Gasteiger partial charge in [-0.15, -0.1) is 0 Å². The third kappa shape index (κ3) is 4.10. The van der Waals surface area contributed by atoms with Crippen LogP contribution in [0.15, 0.2) is 23.9 Å². The molecule has 26 heavy (non-hydrogen) atoms. The number of hydrogen-bond acceptors (Lipinski definition) is 5. The molecule has 3 rings (SSSR count). The largest absolute Gasteiger partial charge is 0.493 e. The van der Waals surface area contributed by atoms with Crippen molar-refractivity contribution >= 4 is 29.3 Å². The van der Waals surface area contributed by atoms with Gasteiger partial charge in [0, 0.05) is 6.61 Å². The zero-order chi connectivity index (χ0) is 18.7. The van der Waals surface area contributed by atoms with E-state index in [0.717, 1.165) is 12.8 Å². The first kappa shape index (κ1) is 18.5. The molecular weight excluding hydrogens is 366 g/mol. The summed E-state index contributed by atoms with van der Waals surface area (Å²) in [6.07, 6.45) is 3.44. The first-order valence-corrected chi connectivity index (χ1v) is 8.47. The van der Waals surface area contributed by atoms with Crippen LogP contribution in [0.2, 0.25) is 0 Å². The van der Waals surface area contributed by atoms with E-state index in [1.807, 2.05) is 0 Å². The van der Waals surface area contributed by atoms with Gasteiger partial charge in [0.25, 0.3) is 5.91 Å². The van der Waals surface area contributed by atoms with Gasteiger partial charge in [0.2, 0.25) is 0 Å². The molecule has 1 N–H and O–H groups in total. The highest BCUT2D eigenvalue weighted by molar-refractivity contribution is 7.80. The van der Waals surface area contributed by atoms with E-state index in [-0.39, 0.29) is 23.5 Å². The molecule has 140 valence electrons. The molecule has 0 radical (unpaired) electrons. The van der Waals surface area contributed by atoms with Gasteiger partial charge in [-0.25, -0.2) is 0 Å². The number of hydrogen-bond donors (Lipinski definition) is 1. The van der Waals surface area contributed by atoms with E-state index in [1.165, 1.54) is 24.1 Å². The Morgan fingerprint density at radius 2 is 2.27 bits per heavy atom. The van der Waals surface area contributed by atoms with E-state index < -0.39 is 6.61 Å². The minimum Gasteiger partial charge on any atom is -0.493 e. The van der Waals surface area contributed by atoms with Crippen LogP contribution in [0.25, 0.3) is 6.08 Å². The lowest BCUT2D eigenvalue weighted by molar-refractivity contribution is -0.123. The fourth-order valence-corrected chi connectivity index (χ4v) is 3.13. The van der Waals surface area contributed by atoms with Gasteiger partial charge in [0.05, 0.1) is 19.8 Å². The molecule has 0 spiro atoms. The Hall–Kier alpha value is -2.26. The van der Waals surface area contributed by atoms with E-state index in [1.54, 1.807) is 12.1 Å². The summed E-state index contributed by atoms with van der Waals surface area (Å²) < 4.78 is 39.8. The second-order valence-corrected chi connectivity index (χ2v) is 6.21. The molecule has 0 aromatic heterocycles. The summed E-state index contributed by atoms with van der Waals surface area (Å²) in [5.74, 6) is -0.188. The minimum atomic E-state index is -2.95. The summed E-state index contributed by atoms with van der Waals surface area (Å²) in [6, 6.07) is 4.42. The van der Waals surface area contributed by atoms with Crippen molar-refractivity contribution < 1.29 is 27.8 Å². The van der Waals surface area contributed by atoms with Crippen molar-refractivity contribution in [1.29, 1.82) is 0 Å². The number of thiocarbonyl (C=S) groups is 1. The van der Waals surface area contributed by atoms with Crippen LogP contribution in [-0.2, 0) is 9.53 Å². The zero-order valence-electron chi connectivity index (χ0n) is 14.0. The standard InChI is InChI=1S/C17H18F2N2O4S/c1-23-14-8-10(4-5-13(14)25-16(18)19)7-12-15(22)21(17(26)20-12)9-11-3-2-6-24-11/h4-5,7-8,11,16H,2-3,6,9H2,1H3,(H,20,26)/b12-7-/t11-/m0/s1. The van der Waals surface area contributed by atoms with Gasteiger partial charge in [-0.05, 0) is 48.8 Å². The average Bonchev–Trinajstić information content (AvgIpc) is 3.20. The van der Waals surface area contributed by atoms with Gasteiger partial charge in [-0.3, -0.25) is 9.69 Å². The molecule has 2 aliphatic rings. The van der Waals surface area contributed by atoms with Gasteiger partial charge < -0.3 is 19.5 Å². The number of alkyl halides is 2. The number of nitrogens with one attached hydrogen (secondary N) is 1. The smallest absolute Gasteiger partial charge is 0.387 e. The Balaban J connectivity index is 1.76. The maximum absolute atomic E-state index is 12.6. The molecule has 9 heteroatoms. The zero-order valence-corrected chi connectivity index (χ0v) is 14.9. The number of methoxy groups -OCH3 is 1. The topological polar surface area (TPSA) is 60.0 Å². The Kier molecular flexibility index (Phi) is 5.67. The quantitative estimate of drug-likeness (QED) is 0.601. The first-order valence-electron chi connectivity index (χ1n) is 8.07. The number of benzene rings is 1. The fourth-order valence-electron chi connectivity index (χ4n) is 2.86. The second kappa shape index (κ2) is 7.96. The average molecular weight is 384 g/mol. The highest BCUT2D eigenvalue weighted by Gasteiger charge is 2.33. The molecular formula is C17H18F2N2O4S. The number of nitrogens with zero attached hydrogens (tertiary/aromatic N) is 1. The number of rotatable bonds is 6. The van der Waals surface area contributed by atoms with Gasteiger partial charge in [-0.2, -0.15) is 8.78 Å². The monoisotopic (exact) mass is 384 g/mol. The van der Waals surface area contributed by atoms with E-state index in [2.05, 4.69) is 10.1 Å². The van der Waals surface area contributed by atoms with Gasteiger partial charge in [-0.1, -0.05) is 6.07 Å². The Labute approximate surface area is 154 Å². The third-order valence-corrected chi connectivity index (χ3v) is 4.41. The van der Waals surface area contributed by atoms with Crippen LogP contribution in [0.4, 0.5) is 8.78 Å². The maximum atomic E-state index is 12.6. The lowest BCUT2D eigenvalue weighted by atomic mass is 10.1. The molecule has 2 heterocycles. The number of carbonyl (C=O) groups is 1. The summed E-state index contributed by atoms with van der Waals surface area (Å²) in [5.41, 5.74) is 0.888. The molecule has 2 saturated heterocycles. The second-order valence-electron chi connectivity index (χ2n) is 5.83. The molecule has 1 aromatic rings. The van der Waals surface area contributed by atoms with E-state index in [9.17, 15) is 13.6 Å². The Bertz CT molecular complexity index is 735. The number of ether oxygens (including phenoxy) is 3. The molecule has 1 aromatic carbocycles. The molecule has 0 unspecified atom stereocenters. The molecule has 0 aliphatic carbocycles. The highest BCUT2D eigenvalue weighted by atomic mass is 32.1. The van der Waals surface area contributed by atoms with Crippen molar-refractivity contribution in [3.63, 3.8) is 0 Å². The van der Waals surface area contributed by atoms with Crippen LogP contribution in [0.5, 0.6) is 11.5 Å². The summed E-state index contributed by atoms with van der Waals surface area (Å²) in [6.45, 7) is -1.84.